The van der Waals surface area contributed by atoms with Gasteiger partial charge in [0.25, 0.3) is 0 Å². The molecule has 7 heterocycles. The summed E-state index contributed by atoms with van der Waals surface area (Å²) in [5.41, 5.74) is 26.7. The van der Waals surface area contributed by atoms with E-state index >= 15 is 0 Å². The smallest absolute Gasteiger partial charge is 0.235 e. The van der Waals surface area contributed by atoms with Crippen LogP contribution in [0.5, 0.6) is 0 Å². The van der Waals surface area contributed by atoms with Crippen LogP contribution >= 0.6 is 11.8 Å². The number of para-hydroxylation sites is 5. The van der Waals surface area contributed by atoms with E-state index in [2.05, 4.69) is 400 Å². The molecule has 1 aliphatic heterocycles. The van der Waals surface area contributed by atoms with Crippen molar-refractivity contribution in [2.45, 2.75) is 9.79 Å². The summed E-state index contributed by atoms with van der Waals surface area (Å²) in [4.78, 5) is 18.9. The highest BCUT2D eigenvalue weighted by atomic mass is 32.2. The lowest BCUT2D eigenvalue weighted by Crippen LogP contribution is -2.04. The van der Waals surface area contributed by atoms with Gasteiger partial charge in [0, 0.05) is 86.0 Å². The van der Waals surface area contributed by atoms with E-state index in [-0.39, 0.29) is 0 Å². The summed E-state index contributed by atoms with van der Waals surface area (Å²) in [5, 5.41) is 22.3. The van der Waals surface area contributed by atoms with Gasteiger partial charge in [-0.2, -0.15) is 0 Å². The average Bonchev–Trinajstić information content (AvgIpc) is 1.59. The molecule has 0 amide bonds. The molecule has 0 atom stereocenters. The van der Waals surface area contributed by atoms with Gasteiger partial charge in [-0.3, -0.25) is 9.13 Å². The van der Waals surface area contributed by atoms with Crippen LogP contribution in [-0.2, 0) is 0 Å². The Bertz CT molecular complexity index is 8780. The first kappa shape index (κ1) is 65.9. The van der Waals surface area contributed by atoms with Crippen LogP contribution < -0.4 is 5.22 Å². The molecule has 0 fully saturated rings. The Kier molecular flexibility index (Phi) is 14.0. The van der Waals surface area contributed by atoms with E-state index in [1.807, 2.05) is 11.8 Å². The first-order chi connectivity index (χ1) is 58.9. The topological polar surface area (TPSA) is 58.4 Å². The Morgan fingerprint density at radius 1 is 0.210 bits per heavy atom. The molecule has 0 aliphatic carbocycles. The second kappa shape index (κ2) is 25.3. The van der Waals surface area contributed by atoms with Crippen molar-refractivity contribution in [2.75, 3.05) is 0 Å². The Morgan fingerprint density at radius 3 is 1.40 bits per heavy atom. The SMILES string of the molecule is C=c1c2ccccc2c2cc3c(c4cccc1c24)c1cc(-c2ccc4c(c2)c2ccc(-c5ccc6c(c5)Sc5cccc7c5c-6cc5c7c6ccc(-c7ccc8c(c7)c7ccccc7n8-c7cc(-c8ccccc8)c8ccccc8n7)cc6n5-c5ccccc5)cc2n4-c2ccccc2)ccc1n3-c1nc(-c2ccccc2)c2ccccc2n1. The summed E-state index contributed by atoms with van der Waals surface area (Å²) in [6, 6.07) is 141. The third-order valence-corrected chi connectivity index (χ3v) is 26.5. The van der Waals surface area contributed by atoms with Gasteiger partial charge in [0.1, 0.15) is 5.82 Å². The van der Waals surface area contributed by atoms with E-state index < -0.39 is 0 Å². The minimum Gasteiger partial charge on any atom is -0.309 e. The lowest BCUT2D eigenvalue weighted by molar-refractivity contribution is 1.01. The fourth-order valence-electron chi connectivity index (χ4n) is 20.1. The zero-order valence-electron chi connectivity index (χ0n) is 64.1. The average molecular weight is 1530 g/mol. The van der Waals surface area contributed by atoms with Crippen LogP contribution in [0.1, 0.15) is 0 Å². The number of nitrogens with zero attached hydrogens (tertiary/aromatic N) is 7. The highest BCUT2D eigenvalue weighted by Gasteiger charge is 2.29. The van der Waals surface area contributed by atoms with Crippen LogP contribution in [0.3, 0.4) is 0 Å². The van der Waals surface area contributed by atoms with Crippen molar-refractivity contribution in [3.05, 3.63) is 387 Å². The van der Waals surface area contributed by atoms with Crippen molar-refractivity contribution in [2.24, 2.45) is 0 Å². The molecule has 26 rings (SSSR count). The number of aromatic nitrogens is 7. The van der Waals surface area contributed by atoms with Gasteiger partial charge >= 0.3 is 0 Å². The number of hydrogen-bond acceptors (Lipinski definition) is 4. The summed E-state index contributed by atoms with van der Waals surface area (Å²) < 4.78 is 9.61. The summed E-state index contributed by atoms with van der Waals surface area (Å²) in [7, 11) is 0. The molecule has 550 valence electrons. The fourth-order valence-corrected chi connectivity index (χ4v) is 21.3. The van der Waals surface area contributed by atoms with Gasteiger partial charge in [0.15, 0.2) is 0 Å². The first-order valence-electron chi connectivity index (χ1n) is 40.6. The van der Waals surface area contributed by atoms with Crippen molar-refractivity contribution in [1.82, 2.24) is 33.2 Å². The fraction of sp³-hybridized carbons (Fsp3) is 0. The Hall–Kier alpha value is -15.5. The van der Waals surface area contributed by atoms with E-state index in [9.17, 15) is 0 Å². The predicted octanol–water partition coefficient (Wildman–Crippen LogP) is 28.8. The molecule has 0 saturated carbocycles. The van der Waals surface area contributed by atoms with E-state index in [1.165, 1.54) is 102 Å². The Morgan fingerprint density at radius 2 is 0.689 bits per heavy atom. The number of rotatable bonds is 9. The zero-order chi connectivity index (χ0) is 77.8. The molecule has 0 spiro atoms. The minimum atomic E-state index is 0.626. The molecule has 0 bridgehead atoms. The molecule has 0 saturated heterocycles. The first-order valence-corrected chi connectivity index (χ1v) is 41.5. The molecule has 25 aromatic rings. The van der Waals surface area contributed by atoms with Crippen LogP contribution in [0.25, 0.3) is 249 Å². The summed E-state index contributed by atoms with van der Waals surface area (Å²) in [6.45, 7) is 4.73. The lowest BCUT2D eigenvalue weighted by Gasteiger charge is -2.22. The second-order valence-electron chi connectivity index (χ2n) is 31.7. The quantitative estimate of drug-likeness (QED) is 0.107. The van der Waals surface area contributed by atoms with Crippen LogP contribution in [0.4, 0.5) is 0 Å². The second-order valence-corrected chi connectivity index (χ2v) is 32.8. The largest absolute Gasteiger partial charge is 0.309 e. The third kappa shape index (κ3) is 9.72. The maximum absolute atomic E-state index is 5.56. The molecule has 0 unspecified atom stereocenters. The van der Waals surface area contributed by atoms with Gasteiger partial charge in [-0.25, -0.2) is 15.0 Å². The Labute approximate surface area is 686 Å². The molecule has 0 radical (unpaired) electrons. The van der Waals surface area contributed by atoms with E-state index in [4.69, 9.17) is 21.5 Å². The molecular formula is C111H65N7S. The minimum absolute atomic E-state index is 0.626. The number of fused-ring (bicyclic) bond motifs is 20. The van der Waals surface area contributed by atoms with Crippen LogP contribution in [0.15, 0.2) is 392 Å². The lowest BCUT2D eigenvalue weighted by atomic mass is 9.91. The molecule has 119 heavy (non-hydrogen) atoms. The number of benzene rings is 19. The third-order valence-electron chi connectivity index (χ3n) is 25.4. The van der Waals surface area contributed by atoms with Crippen molar-refractivity contribution < 1.29 is 0 Å². The zero-order valence-corrected chi connectivity index (χ0v) is 64.9. The normalized spacial score (nSPS) is 12.4. The van der Waals surface area contributed by atoms with Gasteiger partial charge in [-0.05, 0) is 220 Å². The van der Waals surface area contributed by atoms with Crippen LogP contribution in [0, 0.1) is 0 Å². The molecule has 6 aromatic heterocycles. The summed E-state index contributed by atoms with van der Waals surface area (Å²) >= 11 is 1.88. The summed E-state index contributed by atoms with van der Waals surface area (Å²) in [5.74, 6) is 1.52. The van der Waals surface area contributed by atoms with E-state index in [0.29, 0.717) is 5.95 Å². The van der Waals surface area contributed by atoms with E-state index in [0.717, 1.165) is 149 Å². The van der Waals surface area contributed by atoms with E-state index in [1.54, 1.807) is 0 Å². The predicted molar refractivity (Wildman–Crippen MR) is 500 cm³/mol. The van der Waals surface area contributed by atoms with Crippen molar-refractivity contribution >= 4 is 170 Å². The van der Waals surface area contributed by atoms with Crippen LogP contribution in [0.2, 0.25) is 0 Å². The van der Waals surface area contributed by atoms with Gasteiger partial charge in [-0.15, -0.1) is 0 Å². The maximum Gasteiger partial charge on any atom is 0.235 e. The highest BCUT2D eigenvalue weighted by Crippen LogP contribution is 2.54. The molecule has 0 N–H and O–H groups in total. The summed E-state index contributed by atoms with van der Waals surface area (Å²) in [6.07, 6.45) is 0. The number of pyridine rings is 1. The number of hydrogen-bond donors (Lipinski definition) is 0. The van der Waals surface area contributed by atoms with Gasteiger partial charge in [-0.1, -0.05) is 279 Å². The van der Waals surface area contributed by atoms with Gasteiger partial charge in [0.05, 0.1) is 60.9 Å². The Balaban J connectivity index is 0.600. The molecule has 7 nitrogen and oxygen atoms in total. The molecular weight excluding hydrogens is 1460 g/mol. The molecule has 1 aliphatic rings. The van der Waals surface area contributed by atoms with Crippen molar-refractivity contribution in [3.63, 3.8) is 0 Å². The van der Waals surface area contributed by atoms with Gasteiger partial charge in [0.2, 0.25) is 5.95 Å². The standard InChI is InChI=1S/C111H65N7S/c1-65-76-32-14-15-33-78(76)90-62-102-108(85-38-22-37-77(65)106(85)90)92-58-70(49-55-98(92)118(102)111-113-94-41-20-17-36-83(94)110(114-111)67-26-8-3-9-27-67)68-47-53-96-89(56-68)81-50-44-72(59-99(81)115(96)74-28-10-4-11-29-74)73-45-51-82-91-63-101-107(86-39-23-43-103(109(86)91)119-104(82)61-73)84-52-46-71(60-100(84)116(101)75-30-12-5-13-31-75)69-48-54-97-88(57-69)80-35-18-21-42-95(80)117(97)105-64-87(66-24-6-2-7-25-66)79-34-16-19-40-93(79)112-105/h2-64H,1H2. The van der Waals surface area contributed by atoms with Crippen molar-refractivity contribution in [3.8, 4) is 90.0 Å². The van der Waals surface area contributed by atoms with Gasteiger partial charge < -0.3 is 9.13 Å². The van der Waals surface area contributed by atoms with Crippen molar-refractivity contribution in [1.29, 1.82) is 0 Å². The molecule has 19 aromatic carbocycles. The molecule has 8 heteroatoms. The van der Waals surface area contributed by atoms with Crippen LogP contribution in [-0.4, -0.2) is 33.2 Å². The monoisotopic (exact) mass is 1530 g/mol. The maximum atomic E-state index is 5.56. The highest BCUT2D eigenvalue weighted by molar-refractivity contribution is 7.99.